The SMILES string of the molecule is CC(=O)N[C@]1(C)C[C@H](NC(C)C)C1. The molecule has 76 valence electrons. The summed E-state index contributed by atoms with van der Waals surface area (Å²) in [6.45, 7) is 7.98. The third kappa shape index (κ3) is 2.99. The quantitative estimate of drug-likeness (QED) is 0.688. The van der Waals surface area contributed by atoms with Crippen LogP contribution in [0.1, 0.15) is 40.5 Å². The zero-order valence-corrected chi connectivity index (χ0v) is 8.98. The Bertz CT molecular complexity index is 195. The van der Waals surface area contributed by atoms with Crippen molar-refractivity contribution in [3.05, 3.63) is 0 Å². The van der Waals surface area contributed by atoms with Crippen molar-refractivity contribution in [2.45, 2.75) is 58.2 Å². The summed E-state index contributed by atoms with van der Waals surface area (Å²) in [4.78, 5) is 10.8. The van der Waals surface area contributed by atoms with E-state index in [4.69, 9.17) is 0 Å². The van der Waals surface area contributed by atoms with Crippen LogP contribution in [0.5, 0.6) is 0 Å². The van der Waals surface area contributed by atoms with Crippen molar-refractivity contribution < 1.29 is 4.79 Å². The van der Waals surface area contributed by atoms with Gasteiger partial charge in [0.15, 0.2) is 0 Å². The molecule has 0 heterocycles. The van der Waals surface area contributed by atoms with Crippen LogP contribution in [-0.4, -0.2) is 23.5 Å². The second-order valence-corrected chi connectivity index (χ2v) is 4.67. The Morgan fingerprint density at radius 3 is 2.38 bits per heavy atom. The van der Waals surface area contributed by atoms with Crippen LogP contribution in [0.2, 0.25) is 0 Å². The first-order chi connectivity index (χ1) is 5.91. The molecule has 1 fully saturated rings. The third-order valence-corrected chi connectivity index (χ3v) is 2.44. The number of hydrogen-bond donors (Lipinski definition) is 2. The van der Waals surface area contributed by atoms with Gasteiger partial charge in [0.2, 0.25) is 5.91 Å². The van der Waals surface area contributed by atoms with E-state index in [1.165, 1.54) is 0 Å². The Hall–Kier alpha value is -0.570. The summed E-state index contributed by atoms with van der Waals surface area (Å²) in [5.41, 5.74) is 0.0401. The fraction of sp³-hybridized carbons (Fsp3) is 0.900. The van der Waals surface area contributed by atoms with Crippen LogP contribution in [0.25, 0.3) is 0 Å². The molecule has 0 aromatic heterocycles. The zero-order chi connectivity index (χ0) is 10.1. The Kier molecular flexibility index (Phi) is 2.96. The van der Waals surface area contributed by atoms with Gasteiger partial charge in [-0.15, -0.1) is 0 Å². The van der Waals surface area contributed by atoms with Gasteiger partial charge in [-0.1, -0.05) is 13.8 Å². The van der Waals surface area contributed by atoms with Crippen LogP contribution < -0.4 is 10.6 Å². The second kappa shape index (κ2) is 3.66. The molecule has 1 rings (SSSR count). The summed E-state index contributed by atoms with van der Waals surface area (Å²) in [6, 6.07) is 1.11. The number of nitrogens with one attached hydrogen (secondary N) is 2. The molecular formula is C10H20N2O. The summed E-state index contributed by atoms with van der Waals surface area (Å²) in [5, 5.41) is 6.44. The summed E-state index contributed by atoms with van der Waals surface area (Å²) >= 11 is 0. The number of carbonyl (C=O) groups excluding carboxylic acids is 1. The molecule has 2 N–H and O–H groups in total. The highest BCUT2D eigenvalue weighted by Crippen LogP contribution is 2.31. The topological polar surface area (TPSA) is 41.1 Å². The normalized spacial score (nSPS) is 32.8. The minimum absolute atomic E-state index is 0.0401. The molecule has 0 atom stereocenters. The molecule has 0 unspecified atom stereocenters. The van der Waals surface area contributed by atoms with Crippen LogP contribution in [0.3, 0.4) is 0 Å². The molecular weight excluding hydrogens is 164 g/mol. The zero-order valence-electron chi connectivity index (χ0n) is 8.98. The van der Waals surface area contributed by atoms with Crippen molar-refractivity contribution in [3.8, 4) is 0 Å². The van der Waals surface area contributed by atoms with Crippen LogP contribution in [0.15, 0.2) is 0 Å². The van der Waals surface area contributed by atoms with Gasteiger partial charge >= 0.3 is 0 Å². The number of rotatable bonds is 3. The van der Waals surface area contributed by atoms with Crippen molar-refractivity contribution in [2.24, 2.45) is 0 Å². The van der Waals surface area contributed by atoms with E-state index in [1.54, 1.807) is 6.92 Å². The molecule has 1 saturated carbocycles. The largest absolute Gasteiger partial charge is 0.351 e. The molecule has 3 heteroatoms. The Balaban J connectivity index is 2.26. The lowest BCUT2D eigenvalue weighted by Crippen LogP contribution is -2.61. The number of carbonyl (C=O) groups is 1. The maximum absolute atomic E-state index is 10.8. The van der Waals surface area contributed by atoms with Gasteiger partial charge in [0.25, 0.3) is 0 Å². The third-order valence-electron chi connectivity index (χ3n) is 2.44. The Morgan fingerprint density at radius 1 is 1.46 bits per heavy atom. The Labute approximate surface area is 80.3 Å². The monoisotopic (exact) mass is 184 g/mol. The lowest BCUT2D eigenvalue weighted by atomic mass is 9.74. The number of hydrogen-bond acceptors (Lipinski definition) is 2. The molecule has 0 spiro atoms. The first-order valence-corrected chi connectivity index (χ1v) is 4.96. The van der Waals surface area contributed by atoms with Gasteiger partial charge in [0, 0.05) is 24.5 Å². The molecule has 0 saturated heterocycles. The first kappa shape index (κ1) is 10.5. The van der Waals surface area contributed by atoms with Gasteiger partial charge in [0.05, 0.1) is 0 Å². The first-order valence-electron chi connectivity index (χ1n) is 4.96. The minimum atomic E-state index is 0.0401. The van der Waals surface area contributed by atoms with Crippen LogP contribution in [0, 0.1) is 0 Å². The van der Waals surface area contributed by atoms with Gasteiger partial charge in [-0.3, -0.25) is 4.79 Å². The lowest BCUT2D eigenvalue weighted by molar-refractivity contribution is -0.122. The second-order valence-electron chi connectivity index (χ2n) is 4.67. The standard InChI is InChI=1S/C10H20N2O/c1-7(2)11-9-5-10(4,6-9)12-8(3)13/h7,9,11H,5-6H2,1-4H3,(H,12,13)/t9-,10+. The van der Waals surface area contributed by atoms with Crippen LogP contribution in [-0.2, 0) is 4.79 Å². The molecule has 1 amide bonds. The van der Waals surface area contributed by atoms with Crippen LogP contribution >= 0.6 is 0 Å². The molecule has 0 aliphatic heterocycles. The number of amides is 1. The van der Waals surface area contributed by atoms with Gasteiger partial charge in [-0.2, -0.15) is 0 Å². The average Bonchev–Trinajstić information content (AvgIpc) is 1.79. The van der Waals surface area contributed by atoms with E-state index < -0.39 is 0 Å². The summed E-state index contributed by atoms with van der Waals surface area (Å²) < 4.78 is 0. The van der Waals surface area contributed by atoms with Crippen molar-refractivity contribution in [2.75, 3.05) is 0 Å². The fourth-order valence-corrected chi connectivity index (χ4v) is 2.14. The predicted octanol–water partition coefficient (Wildman–Crippen LogP) is 1.04. The summed E-state index contributed by atoms with van der Waals surface area (Å²) in [5.74, 6) is 0.0745. The average molecular weight is 184 g/mol. The van der Waals surface area contributed by atoms with Crippen molar-refractivity contribution >= 4 is 5.91 Å². The molecule has 0 aromatic carbocycles. The highest BCUT2D eigenvalue weighted by Gasteiger charge is 2.40. The van der Waals surface area contributed by atoms with Crippen molar-refractivity contribution in [1.29, 1.82) is 0 Å². The van der Waals surface area contributed by atoms with Crippen LogP contribution in [0.4, 0.5) is 0 Å². The van der Waals surface area contributed by atoms with E-state index in [0.29, 0.717) is 12.1 Å². The molecule has 13 heavy (non-hydrogen) atoms. The fourth-order valence-electron chi connectivity index (χ4n) is 2.14. The smallest absolute Gasteiger partial charge is 0.217 e. The minimum Gasteiger partial charge on any atom is -0.351 e. The highest BCUT2D eigenvalue weighted by atomic mass is 16.1. The molecule has 1 aliphatic carbocycles. The summed E-state index contributed by atoms with van der Waals surface area (Å²) in [7, 11) is 0. The molecule has 0 bridgehead atoms. The van der Waals surface area contributed by atoms with Gasteiger partial charge < -0.3 is 10.6 Å². The van der Waals surface area contributed by atoms with E-state index in [9.17, 15) is 4.79 Å². The van der Waals surface area contributed by atoms with Gasteiger partial charge in [0.1, 0.15) is 0 Å². The van der Waals surface area contributed by atoms with E-state index >= 15 is 0 Å². The van der Waals surface area contributed by atoms with Crippen molar-refractivity contribution in [3.63, 3.8) is 0 Å². The molecule has 3 nitrogen and oxygen atoms in total. The van der Waals surface area contributed by atoms with E-state index in [-0.39, 0.29) is 11.4 Å². The highest BCUT2D eigenvalue weighted by molar-refractivity contribution is 5.74. The van der Waals surface area contributed by atoms with E-state index in [2.05, 4.69) is 31.4 Å². The predicted molar refractivity (Wildman–Crippen MR) is 53.5 cm³/mol. The van der Waals surface area contributed by atoms with Gasteiger partial charge in [-0.25, -0.2) is 0 Å². The lowest BCUT2D eigenvalue weighted by Gasteiger charge is -2.46. The molecule has 0 aromatic rings. The summed E-state index contributed by atoms with van der Waals surface area (Å²) in [6.07, 6.45) is 2.09. The molecule has 1 aliphatic rings. The van der Waals surface area contributed by atoms with E-state index in [0.717, 1.165) is 12.8 Å². The van der Waals surface area contributed by atoms with Gasteiger partial charge in [-0.05, 0) is 19.8 Å². The van der Waals surface area contributed by atoms with E-state index in [1.807, 2.05) is 0 Å². The van der Waals surface area contributed by atoms with Crippen molar-refractivity contribution in [1.82, 2.24) is 10.6 Å². The maximum Gasteiger partial charge on any atom is 0.217 e. The molecule has 0 radical (unpaired) electrons. The maximum atomic E-state index is 10.8. The Morgan fingerprint density at radius 2 is 2.00 bits per heavy atom.